The number of pyridine rings is 1. The highest BCUT2D eigenvalue weighted by Crippen LogP contribution is 2.24. The van der Waals surface area contributed by atoms with E-state index < -0.39 is 11.9 Å². The van der Waals surface area contributed by atoms with Crippen molar-refractivity contribution in [2.75, 3.05) is 12.4 Å². The Morgan fingerprint density at radius 2 is 2.17 bits per heavy atom. The number of hydrogen-bond donors (Lipinski definition) is 1. The maximum atomic E-state index is 13.0. The van der Waals surface area contributed by atoms with Crippen LogP contribution in [0.1, 0.15) is 10.4 Å². The fraction of sp³-hybridized carbons (Fsp3) is 0.0667. The van der Waals surface area contributed by atoms with Gasteiger partial charge in [0.05, 0.1) is 7.11 Å². The van der Waals surface area contributed by atoms with Gasteiger partial charge >= 0.3 is 0 Å². The van der Waals surface area contributed by atoms with Crippen LogP contribution in [-0.4, -0.2) is 27.4 Å². The Morgan fingerprint density at radius 3 is 2.96 bits per heavy atom. The normalized spacial score (nSPS) is 10.3. The molecule has 2 heterocycles. The number of anilines is 1. The lowest BCUT2D eigenvalue weighted by atomic mass is 10.2. The number of rotatable bonds is 4. The summed E-state index contributed by atoms with van der Waals surface area (Å²) in [7, 11) is 1.58. The predicted molar refractivity (Wildman–Crippen MR) is 84.0 cm³/mol. The van der Waals surface area contributed by atoms with Crippen molar-refractivity contribution in [1.29, 1.82) is 0 Å². The van der Waals surface area contributed by atoms with Crippen molar-refractivity contribution in [2.45, 2.75) is 0 Å². The van der Waals surface area contributed by atoms with Crippen molar-refractivity contribution in [3.05, 3.63) is 54.1 Å². The second kappa shape index (κ2) is 6.49. The summed E-state index contributed by atoms with van der Waals surface area (Å²) in [6.45, 7) is 0. The number of nitrogens with zero attached hydrogens (tertiary/aromatic N) is 3. The molecule has 1 amide bonds. The summed E-state index contributed by atoms with van der Waals surface area (Å²) in [6, 6.07) is 9.76. The van der Waals surface area contributed by atoms with Crippen LogP contribution >= 0.6 is 11.5 Å². The third-order valence-electron chi connectivity index (χ3n) is 2.96. The van der Waals surface area contributed by atoms with Gasteiger partial charge in [0.2, 0.25) is 11.1 Å². The van der Waals surface area contributed by atoms with Gasteiger partial charge in [0, 0.05) is 34.9 Å². The summed E-state index contributed by atoms with van der Waals surface area (Å²) in [5.74, 6) is -0.0214. The molecule has 6 nitrogen and oxygen atoms in total. The van der Waals surface area contributed by atoms with Gasteiger partial charge in [-0.05, 0) is 18.2 Å². The Labute approximate surface area is 135 Å². The lowest BCUT2D eigenvalue weighted by molar-refractivity contribution is 0.102. The largest absolute Gasteiger partial charge is 0.497 e. The van der Waals surface area contributed by atoms with Crippen LogP contribution in [0.4, 0.5) is 9.52 Å². The van der Waals surface area contributed by atoms with Crippen LogP contribution in [0.25, 0.3) is 11.4 Å². The smallest absolute Gasteiger partial charge is 0.257 e. The molecule has 0 aliphatic heterocycles. The van der Waals surface area contributed by atoms with Gasteiger partial charge in [-0.1, -0.05) is 12.1 Å². The van der Waals surface area contributed by atoms with Crippen molar-refractivity contribution in [1.82, 2.24) is 14.3 Å². The standard InChI is InChI=1S/C15H11FN4O2S/c1-22-11-4-2-3-9(7-11)13-18-15(23-20-13)19-14(21)10-5-6-17-12(16)8-10/h2-8H,1H3,(H,18,19,20,21). The Bertz CT molecular complexity index is 853. The van der Waals surface area contributed by atoms with Crippen LogP contribution < -0.4 is 10.1 Å². The first-order valence-electron chi connectivity index (χ1n) is 6.57. The second-order valence-electron chi connectivity index (χ2n) is 4.48. The maximum absolute atomic E-state index is 13.0. The van der Waals surface area contributed by atoms with Gasteiger partial charge in [0.25, 0.3) is 5.91 Å². The number of nitrogens with one attached hydrogen (secondary N) is 1. The molecule has 0 saturated heterocycles. The summed E-state index contributed by atoms with van der Waals surface area (Å²) in [5, 5.41) is 2.91. The molecule has 116 valence electrons. The van der Waals surface area contributed by atoms with E-state index in [-0.39, 0.29) is 5.56 Å². The number of benzene rings is 1. The van der Waals surface area contributed by atoms with Crippen molar-refractivity contribution >= 4 is 22.6 Å². The SMILES string of the molecule is COc1cccc(-c2nsc(NC(=O)c3ccnc(F)c3)n2)c1. The van der Waals surface area contributed by atoms with E-state index in [9.17, 15) is 9.18 Å². The third kappa shape index (κ3) is 3.49. The van der Waals surface area contributed by atoms with Crippen LogP contribution in [0.5, 0.6) is 5.75 Å². The molecule has 0 spiro atoms. The van der Waals surface area contributed by atoms with Crippen molar-refractivity contribution in [3.8, 4) is 17.1 Å². The highest BCUT2D eigenvalue weighted by molar-refractivity contribution is 7.10. The zero-order valence-corrected chi connectivity index (χ0v) is 12.8. The summed E-state index contributed by atoms with van der Waals surface area (Å²) in [4.78, 5) is 19.7. The van der Waals surface area contributed by atoms with Crippen molar-refractivity contribution in [3.63, 3.8) is 0 Å². The summed E-state index contributed by atoms with van der Waals surface area (Å²) < 4.78 is 22.4. The van der Waals surface area contributed by atoms with E-state index in [1.807, 2.05) is 18.2 Å². The number of halogens is 1. The van der Waals surface area contributed by atoms with Gasteiger partial charge in [-0.3, -0.25) is 10.1 Å². The Balaban J connectivity index is 1.78. The molecule has 3 aromatic rings. The zero-order chi connectivity index (χ0) is 16.2. The fourth-order valence-electron chi connectivity index (χ4n) is 1.87. The van der Waals surface area contributed by atoms with Crippen molar-refractivity contribution < 1.29 is 13.9 Å². The number of carbonyl (C=O) groups excluding carboxylic acids is 1. The first-order valence-corrected chi connectivity index (χ1v) is 7.34. The first kappa shape index (κ1) is 15.0. The van der Waals surface area contributed by atoms with Crippen LogP contribution in [0, 0.1) is 5.95 Å². The zero-order valence-electron chi connectivity index (χ0n) is 12.0. The summed E-state index contributed by atoms with van der Waals surface area (Å²) in [6.07, 6.45) is 1.23. The van der Waals surface area contributed by atoms with E-state index in [0.717, 1.165) is 23.2 Å². The van der Waals surface area contributed by atoms with Crippen LogP contribution in [0.15, 0.2) is 42.6 Å². The molecule has 23 heavy (non-hydrogen) atoms. The molecule has 0 atom stereocenters. The molecule has 0 radical (unpaired) electrons. The van der Waals surface area contributed by atoms with Crippen LogP contribution in [0.2, 0.25) is 0 Å². The molecule has 0 saturated carbocycles. The molecule has 0 aliphatic rings. The Kier molecular flexibility index (Phi) is 4.24. The molecule has 0 bridgehead atoms. The minimum absolute atomic E-state index is 0.163. The van der Waals surface area contributed by atoms with E-state index in [2.05, 4.69) is 19.7 Å². The molecule has 1 N–H and O–H groups in total. The highest BCUT2D eigenvalue weighted by Gasteiger charge is 2.12. The molecule has 8 heteroatoms. The first-order chi connectivity index (χ1) is 11.2. The molecular weight excluding hydrogens is 319 g/mol. The van der Waals surface area contributed by atoms with Gasteiger partial charge in [-0.25, -0.2) is 4.98 Å². The third-order valence-corrected chi connectivity index (χ3v) is 3.59. The van der Waals surface area contributed by atoms with Gasteiger partial charge in [0.15, 0.2) is 5.82 Å². The van der Waals surface area contributed by atoms with E-state index in [0.29, 0.717) is 16.7 Å². The second-order valence-corrected chi connectivity index (χ2v) is 5.23. The maximum Gasteiger partial charge on any atom is 0.257 e. The number of hydrogen-bond acceptors (Lipinski definition) is 6. The molecule has 0 aliphatic carbocycles. The number of aromatic nitrogens is 3. The van der Waals surface area contributed by atoms with E-state index in [1.54, 1.807) is 13.2 Å². The molecule has 2 aromatic heterocycles. The van der Waals surface area contributed by atoms with Crippen molar-refractivity contribution in [2.24, 2.45) is 0 Å². The summed E-state index contributed by atoms with van der Waals surface area (Å²) in [5.41, 5.74) is 0.937. The lowest BCUT2D eigenvalue weighted by Gasteiger charge is -2.01. The van der Waals surface area contributed by atoms with E-state index >= 15 is 0 Å². The number of amides is 1. The fourth-order valence-corrected chi connectivity index (χ4v) is 2.45. The van der Waals surface area contributed by atoms with Crippen LogP contribution in [0.3, 0.4) is 0 Å². The molecular formula is C15H11FN4O2S. The topological polar surface area (TPSA) is 77.0 Å². The minimum Gasteiger partial charge on any atom is -0.497 e. The van der Waals surface area contributed by atoms with E-state index in [4.69, 9.17) is 4.74 Å². The molecule has 0 unspecified atom stereocenters. The quantitative estimate of drug-likeness (QED) is 0.744. The summed E-state index contributed by atoms with van der Waals surface area (Å²) >= 11 is 1.04. The van der Waals surface area contributed by atoms with Gasteiger partial charge in [-0.15, -0.1) is 0 Å². The highest BCUT2D eigenvalue weighted by atomic mass is 32.1. The predicted octanol–water partition coefficient (Wildman–Crippen LogP) is 3.00. The Hall–Kier alpha value is -2.87. The molecule has 1 aromatic carbocycles. The average molecular weight is 330 g/mol. The average Bonchev–Trinajstić information content (AvgIpc) is 3.03. The van der Waals surface area contributed by atoms with Gasteiger partial charge < -0.3 is 4.74 Å². The van der Waals surface area contributed by atoms with Gasteiger partial charge in [0.1, 0.15) is 5.75 Å². The number of carbonyl (C=O) groups is 1. The Morgan fingerprint density at radius 1 is 1.30 bits per heavy atom. The van der Waals surface area contributed by atoms with Gasteiger partial charge in [-0.2, -0.15) is 13.7 Å². The molecule has 3 rings (SSSR count). The van der Waals surface area contributed by atoms with E-state index in [1.165, 1.54) is 12.3 Å². The number of ether oxygens (including phenoxy) is 1. The minimum atomic E-state index is -0.716. The lowest BCUT2D eigenvalue weighted by Crippen LogP contribution is -2.12. The monoisotopic (exact) mass is 330 g/mol. The number of methoxy groups -OCH3 is 1. The molecule has 0 fully saturated rings. The van der Waals surface area contributed by atoms with Crippen LogP contribution in [-0.2, 0) is 0 Å².